The molecule has 4 heteroatoms. The van der Waals surface area contributed by atoms with Gasteiger partial charge in [-0.3, -0.25) is 0 Å². The summed E-state index contributed by atoms with van der Waals surface area (Å²) in [7, 11) is 0. The number of hydrogen-bond acceptors (Lipinski definition) is 2. The van der Waals surface area contributed by atoms with Gasteiger partial charge in [-0.2, -0.15) is 0 Å². The Morgan fingerprint density at radius 1 is 1.50 bits per heavy atom. The van der Waals surface area contributed by atoms with Gasteiger partial charge in [-0.15, -0.1) is 0 Å². The van der Waals surface area contributed by atoms with E-state index < -0.39 is 0 Å². The number of rotatable bonds is 6. The smallest absolute Gasteiger partial charge is 0.126 e. The van der Waals surface area contributed by atoms with E-state index in [4.69, 9.17) is 16.3 Å². The molecule has 1 aromatic rings. The topological polar surface area (TPSA) is 21.3 Å². The van der Waals surface area contributed by atoms with E-state index in [0.29, 0.717) is 17.0 Å². The van der Waals surface area contributed by atoms with Crippen LogP contribution in [-0.2, 0) is 11.2 Å². The Bertz CT molecular complexity index is 454. The molecule has 0 saturated carbocycles. The van der Waals surface area contributed by atoms with Gasteiger partial charge in [-0.1, -0.05) is 18.5 Å². The van der Waals surface area contributed by atoms with Crippen molar-refractivity contribution in [2.45, 2.75) is 39.2 Å². The van der Waals surface area contributed by atoms with Gasteiger partial charge in [0.1, 0.15) is 5.82 Å². The summed E-state index contributed by atoms with van der Waals surface area (Å²) in [5.74, 6) is -0.177. The van der Waals surface area contributed by atoms with Crippen molar-refractivity contribution < 1.29 is 9.13 Å². The molecular weight excluding hydrogens is 277 g/mol. The summed E-state index contributed by atoms with van der Waals surface area (Å²) in [5, 5.41) is 4.05. The maximum Gasteiger partial charge on any atom is 0.126 e. The second-order valence-corrected chi connectivity index (χ2v) is 6.15. The number of hydrogen-bond donors (Lipinski definition) is 1. The average molecular weight is 300 g/mol. The minimum atomic E-state index is -0.177. The first-order valence-corrected chi connectivity index (χ1v) is 7.71. The zero-order chi connectivity index (χ0) is 14.6. The van der Waals surface area contributed by atoms with Gasteiger partial charge >= 0.3 is 0 Å². The molecule has 1 aliphatic rings. The molecule has 1 fully saturated rings. The van der Waals surface area contributed by atoms with Crippen LogP contribution in [-0.4, -0.2) is 25.8 Å². The number of halogens is 2. The van der Waals surface area contributed by atoms with Crippen molar-refractivity contribution in [1.29, 1.82) is 0 Å². The number of ether oxygens (including phenoxy) is 1. The normalized spacial score (nSPS) is 26.1. The van der Waals surface area contributed by atoms with Crippen LogP contribution in [0.1, 0.15) is 32.3 Å². The van der Waals surface area contributed by atoms with E-state index in [1.54, 1.807) is 12.1 Å². The van der Waals surface area contributed by atoms with Gasteiger partial charge in [-0.05, 0) is 56.5 Å². The maximum absolute atomic E-state index is 14.0. The quantitative estimate of drug-likeness (QED) is 0.806. The van der Waals surface area contributed by atoms with E-state index in [1.807, 2.05) is 0 Å². The van der Waals surface area contributed by atoms with Crippen molar-refractivity contribution in [2.75, 3.05) is 19.7 Å². The fraction of sp³-hybridized carbons (Fsp3) is 0.625. The van der Waals surface area contributed by atoms with Crippen molar-refractivity contribution in [3.63, 3.8) is 0 Å². The zero-order valence-corrected chi connectivity index (χ0v) is 13.0. The van der Waals surface area contributed by atoms with E-state index in [-0.39, 0.29) is 17.3 Å². The summed E-state index contributed by atoms with van der Waals surface area (Å²) in [6.45, 7) is 6.81. The lowest BCUT2D eigenvalue weighted by Gasteiger charge is -2.33. The molecular formula is C16H23ClFNO. The monoisotopic (exact) mass is 299 g/mol. The highest BCUT2D eigenvalue weighted by Gasteiger charge is 2.41. The van der Waals surface area contributed by atoms with Crippen molar-refractivity contribution in [3.05, 3.63) is 34.6 Å². The summed E-state index contributed by atoms with van der Waals surface area (Å²) < 4.78 is 19.7. The average Bonchev–Trinajstić information content (AvgIpc) is 2.76. The van der Waals surface area contributed by atoms with E-state index >= 15 is 0 Å². The molecule has 0 aromatic heterocycles. The van der Waals surface area contributed by atoms with E-state index in [1.165, 1.54) is 6.07 Å². The molecule has 0 bridgehead atoms. The third kappa shape index (κ3) is 3.51. The van der Waals surface area contributed by atoms with Crippen LogP contribution >= 0.6 is 11.6 Å². The zero-order valence-electron chi connectivity index (χ0n) is 12.2. The highest BCUT2D eigenvalue weighted by atomic mass is 35.5. The first-order chi connectivity index (χ1) is 9.57. The molecule has 2 nitrogen and oxygen atoms in total. The van der Waals surface area contributed by atoms with Crippen LogP contribution in [0.15, 0.2) is 18.2 Å². The molecule has 112 valence electrons. The molecule has 1 aliphatic heterocycles. The molecule has 0 spiro atoms. The fourth-order valence-electron chi connectivity index (χ4n) is 2.92. The SMILES string of the molecule is CCCNCC1(Cc2cc(Cl)ccc2F)CCOC1C. The van der Waals surface area contributed by atoms with E-state index in [0.717, 1.165) is 32.5 Å². The Balaban J connectivity index is 2.17. The summed E-state index contributed by atoms with van der Waals surface area (Å²) >= 11 is 6.00. The van der Waals surface area contributed by atoms with Crippen molar-refractivity contribution in [3.8, 4) is 0 Å². The molecule has 1 N–H and O–H groups in total. The molecule has 0 radical (unpaired) electrons. The van der Waals surface area contributed by atoms with Gasteiger partial charge in [0.15, 0.2) is 0 Å². The first kappa shape index (κ1) is 15.7. The number of nitrogens with one attached hydrogen (secondary N) is 1. The Hall–Kier alpha value is -0.640. The van der Waals surface area contributed by atoms with Gasteiger partial charge in [-0.25, -0.2) is 4.39 Å². The van der Waals surface area contributed by atoms with Crippen LogP contribution in [0.2, 0.25) is 5.02 Å². The van der Waals surface area contributed by atoms with Crippen LogP contribution in [0.5, 0.6) is 0 Å². The standard InChI is InChI=1S/C16H23ClFNO/c1-3-7-19-11-16(6-8-20-12(16)2)10-13-9-14(17)4-5-15(13)18/h4-5,9,12,19H,3,6-8,10-11H2,1-2H3. The van der Waals surface area contributed by atoms with Crippen LogP contribution in [0.25, 0.3) is 0 Å². The second-order valence-electron chi connectivity index (χ2n) is 5.71. The molecule has 1 saturated heterocycles. The molecule has 1 heterocycles. The van der Waals surface area contributed by atoms with Crippen molar-refractivity contribution in [2.24, 2.45) is 5.41 Å². The molecule has 20 heavy (non-hydrogen) atoms. The molecule has 0 amide bonds. The molecule has 2 unspecified atom stereocenters. The fourth-order valence-corrected chi connectivity index (χ4v) is 3.11. The third-order valence-corrected chi connectivity index (χ3v) is 4.52. The van der Waals surface area contributed by atoms with Gasteiger partial charge in [0.05, 0.1) is 6.10 Å². The molecule has 0 aliphatic carbocycles. The van der Waals surface area contributed by atoms with Crippen LogP contribution < -0.4 is 5.32 Å². The first-order valence-electron chi connectivity index (χ1n) is 7.33. The Kier molecular flexibility index (Phi) is 5.42. The Labute approximate surface area is 125 Å². The minimum Gasteiger partial charge on any atom is -0.378 e. The molecule has 1 aromatic carbocycles. The molecule has 2 rings (SSSR count). The van der Waals surface area contributed by atoms with Gasteiger partial charge in [0.25, 0.3) is 0 Å². The summed E-state index contributed by atoms with van der Waals surface area (Å²) in [6, 6.07) is 4.78. The summed E-state index contributed by atoms with van der Waals surface area (Å²) in [6.07, 6.45) is 2.84. The number of benzene rings is 1. The van der Waals surface area contributed by atoms with Crippen LogP contribution in [0.3, 0.4) is 0 Å². The van der Waals surface area contributed by atoms with Crippen LogP contribution in [0.4, 0.5) is 4.39 Å². The largest absolute Gasteiger partial charge is 0.378 e. The van der Waals surface area contributed by atoms with E-state index in [2.05, 4.69) is 19.2 Å². The highest BCUT2D eigenvalue weighted by Crippen LogP contribution is 2.38. The maximum atomic E-state index is 14.0. The van der Waals surface area contributed by atoms with Crippen LogP contribution in [0, 0.1) is 11.2 Å². The lowest BCUT2D eigenvalue weighted by molar-refractivity contribution is 0.0627. The van der Waals surface area contributed by atoms with Crippen molar-refractivity contribution in [1.82, 2.24) is 5.32 Å². The second kappa shape index (κ2) is 6.88. The lowest BCUT2D eigenvalue weighted by Crippen LogP contribution is -2.41. The third-order valence-electron chi connectivity index (χ3n) is 4.28. The van der Waals surface area contributed by atoms with Gasteiger partial charge in [0, 0.05) is 23.6 Å². The van der Waals surface area contributed by atoms with Gasteiger partial charge in [0.2, 0.25) is 0 Å². The molecule has 2 atom stereocenters. The predicted molar refractivity (Wildman–Crippen MR) is 80.7 cm³/mol. The highest BCUT2D eigenvalue weighted by molar-refractivity contribution is 6.30. The minimum absolute atomic E-state index is 0.0410. The summed E-state index contributed by atoms with van der Waals surface area (Å²) in [5.41, 5.74) is 0.647. The van der Waals surface area contributed by atoms with Crippen molar-refractivity contribution >= 4 is 11.6 Å². The Morgan fingerprint density at radius 2 is 2.30 bits per heavy atom. The lowest BCUT2D eigenvalue weighted by atomic mass is 9.76. The van der Waals surface area contributed by atoms with Gasteiger partial charge < -0.3 is 10.1 Å². The summed E-state index contributed by atoms with van der Waals surface area (Å²) in [4.78, 5) is 0. The van der Waals surface area contributed by atoms with E-state index in [9.17, 15) is 4.39 Å². The Morgan fingerprint density at radius 3 is 2.95 bits per heavy atom. The predicted octanol–water partition coefficient (Wildman–Crippen LogP) is 3.82.